The lowest BCUT2D eigenvalue weighted by Gasteiger charge is -2.14. The summed E-state index contributed by atoms with van der Waals surface area (Å²) in [6.45, 7) is 2.14. The van der Waals surface area contributed by atoms with Gasteiger partial charge in [-0.2, -0.15) is 0 Å². The highest BCUT2D eigenvalue weighted by Gasteiger charge is 2.16. The molecule has 0 saturated carbocycles. The molecule has 3 aromatic heterocycles. The average Bonchev–Trinajstić information content (AvgIpc) is 3.85. The van der Waals surface area contributed by atoms with Gasteiger partial charge in [0.1, 0.15) is 0 Å². The largest absolute Gasteiger partial charge is 0.309 e. The molecule has 0 amide bonds. The Balaban J connectivity index is 0.963. The number of hydrogen-bond donors (Lipinski definition) is 0. The molecule has 0 bridgehead atoms. The van der Waals surface area contributed by atoms with E-state index in [1.165, 1.54) is 60.3 Å². The zero-order valence-electron chi connectivity index (χ0n) is 33.6. The van der Waals surface area contributed by atoms with Crippen molar-refractivity contribution in [3.05, 3.63) is 224 Å². The first-order valence-electron chi connectivity index (χ1n) is 20.9. The molecule has 12 aromatic rings. The van der Waals surface area contributed by atoms with E-state index < -0.39 is 0 Å². The number of nitrogens with zero attached hydrogens (tertiary/aromatic N) is 3. The van der Waals surface area contributed by atoms with Crippen LogP contribution in [0.25, 0.3) is 111 Å². The molecule has 3 heteroatoms. The van der Waals surface area contributed by atoms with Crippen molar-refractivity contribution in [1.82, 2.24) is 14.1 Å². The lowest BCUT2D eigenvalue weighted by molar-refractivity contribution is 1.18. The average molecular weight is 778 g/mol. The van der Waals surface area contributed by atoms with Crippen molar-refractivity contribution in [3.8, 4) is 56.0 Å². The van der Waals surface area contributed by atoms with Gasteiger partial charge in [-0.15, -0.1) is 0 Å². The van der Waals surface area contributed by atoms with E-state index in [1.54, 1.807) is 0 Å². The number of fused-ring (bicyclic) bond motifs is 7. The lowest BCUT2D eigenvalue weighted by atomic mass is 9.94. The smallest absolute Gasteiger partial charge is 0.0716 e. The number of aromatic nitrogens is 3. The molecule has 0 atom stereocenters. The summed E-state index contributed by atoms with van der Waals surface area (Å²) in [7, 11) is 0. The molecule has 0 fully saturated rings. The number of hydrogen-bond acceptors (Lipinski definition) is 1. The first-order valence-corrected chi connectivity index (χ1v) is 20.9. The van der Waals surface area contributed by atoms with E-state index in [0.717, 1.165) is 55.8 Å². The van der Waals surface area contributed by atoms with Crippen LogP contribution >= 0.6 is 0 Å². The van der Waals surface area contributed by atoms with Crippen molar-refractivity contribution in [1.29, 1.82) is 0 Å². The van der Waals surface area contributed by atoms with Gasteiger partial charge in [0.2, 0.25) is 0 Å². The molecule has 12 rings (SSSR count). The van der Waals surface area contributed by atoms with Crippen LogP contribution in [-0.2, 0) is 0 Å². The summed E-state index contributed by atoms with van der Waals surface area (Å²) < 4.78 is 4.77. The topological polar surface area (TPSA) is 22.8 Å². The molecule has 286 valence electrons. The van der Waals surface area contributed by atoms with Gasteiger partial charge < -0.3 is 9.13 Å². The summed E-state index contributed by atoms with van der Waals surface area (Å²) in [6.07, 6.45) is 0. The Morgan fingerprint density at radius 1 is 0.311 bits per heavy atom. The molecule has 0 saturated heterocycles. The highest BCUT2D eigenvalue weighted by molar-refractivity contribution is 6.10. The Kier molecular flexibility index (Phi) is 8.07. The van der Waals surface area contributed by atoms with Crippen molar-refractivity contribution < 1.29 is 0 Å². The number of para-hydroxylation sites is 4. The molecular formula is C58H39N3. The molecule has 0 spiro atoms. The summed E-state index contributed by atoms with van der Waals surface area (Å²) in [5, 5.41) is 6.17. The Morgan fingerprint density at radius 2 is 0.738 bits per heavy atom. The van der Waals surface area contributed by atoms with Crippen LogP contribution in [0.15, 0.2) is 218 Å². The van der Waals surface area contributed by atoms with E-state index in [9.17, 15) is 0 Å². The minimum Gasteiger partial charge on any atom is -0.309 e. The standard InChI is InChI=1S/C58H39N3/c1-38-27-29-39(30-28-38)51-37-54(44-16-10-13-40(33-44)41-14-11-17-45(34-41)60-55-23-6-2-19-47(55)48-20-3-7-24-56(48)60)59-53-32-31-43(36-52(51)53)42-15-12-18-46(35-42)61-57-25-8-4-21-49(57)50-22-5-9-26-58(50)61/h2-37H,1H3. The van der Waals surface area contributed by atoms with Gasteiger partial charge in [-0.05, 0) is 113 Å². The highest BCUT2D eigenvalue weighted by Crippen LogP contribution is 2.39. The van der Waals surface area contributed by atoms with E-state index in [4.69, 9.17) is 4.98 Å². The second kappa shape index (κ2) is 14.1. The van der Waals surface area contributed by atoms with Crippen LogP contribution in [0.5, 0.6) is 0 Å². The van der Waals surface area contributed by atoms with Gasteiger partial charge in [-0.25, -0.2) is 4.98 Å². The zero-order chi connectivity index (χ0) is 40.4. The van der Waals surface area contributed by atoms with E-state index >= 15 is 0 Å². The Morgan fingerprint density at radius 3 is 1.26 bits per heavy atom. The zero-order valence-corrected chi connectivity index (χ0v) is 33.6. The third-order valence-electron chi connectivity index (χ3n) is 12.4. The quantitative estimate of drug-likeness (QED) is 0.165. The predicted molar refractivity (Wildman–Crippen MR) is 257 cm³/mol. The summed E-state index contributed by atoms with van der Waals surface area (Å²) in [5.41, 5.74) is 18.3. The van der Waals surface area contributed by atoms with Crippen LogP contribution in [-0.4, -0.2) is 14.1 Å². The predicted octanol–water partition coefficient (Wildman–Crippen LogP) is 15.4. The maximum absolute atomic E-state index is 5.36. The first-order chi connectivity index (χ1) is 30.1. The van der Waals surface area contributed by atoms with Gasteiger partial charge in [0.05, 0.1) is 33.3 Å². The molecule has 0 aliphatic rings. The van der Waals surface area contributed by atoms with Crippen LogP contribution in [0.3, 0.4) is 0 Å². The van der Waals surface area contributed by atoms with Crippen LogP contribution in [0, 0.1) is 6.92 Å². The lowest BCUT2D eigenvalue weighted by Crippen LogP contribution is -1.95. The van der Waals surface area contributed by atoms with Gasteiger partial charge in [-0.1, -0.05) is 151 Å². The fourth-order valence-electron chi connectivity index (χ4n) is 9.43. The fraction of sp³-hybridized carbons (Fsp3) is 0.0172. The van der Waals surface area contributed by atoms with Gasteiger partial charge in [0.25, 0.3) is 0 Å². The van der Waals surface area contributed by atoms with E-state index in [0.29, 0.717) is 0 Å². The van der Waals surface area contributed by atoms with E-state index in [1.807, 2.05) is 0 Å². The van der Waals surface area contributed by atoms with E-state index in [-0.39, 0.29) is 0 Å². The highest BCUT2D eigenvalue weighted by atomic mass is 15.0. The number of benzene rings is 9. The Bertz CT molecular complexity index is 3550. The second-order valence-electron chi connectivity index (χ2n) is 16.1. The third kappa shape index (κ3) is 5.85. The monoisotopic (exact) mass is 777 g/mol. The fourth-order valence-corrected chi connectivity index (χ4v) is 9.43. The van der Waals surface area contributed by atoms with Gasteiger partial charge in [0.15, 0.2) is 0 Å². The van der Waals surface area contributed by atoms with Crippen LogP contribution < -0.4 is 0 Å². The second-order valence-corrected chi connectivity index (χ2v) is 16.1. The Hall–Kier alpha value is -8.01. The van der Waals surface area contributed by atoms with Gasteiger partial charge in [0, 0.05) is 43.9 Å². The minimum atomic E-state index is 0.949. The number of rotatable bonds is 6. The normalized spacial score (nSPS) is 11.7. The van der Waals surface area contributed by atoms with Gasteiger partial charge in [-0.3, -0.25) is 0 Å². The van der Waals surface area contributed by atoms with Crippen LogP contribution in [0.4, 0.5) is 0 Å². The summed E-state index contributed by atoms with van der Waals surface area (Å²) in [5.74, 6) is 0. The number of pyridine rings is 1. The third-order valence-corrected chi connectivity index (χ3v) is 12.4. The van der Waals surface area contributed by atoms with Crippen molar-refractivity contribution >= 4 is 54.5 Å². The molecule has 9 aromatic carbocycles. The van der Waals surface area contributed by atoms with Crippen molar-refractivity contribution in [2.45, 2.75) is 6.92 Å². The molecule has 0 unspecified atom stereocenters. The molecule has 3 heterocycles. The Labute approximate surface area is 354 Å². The van der Waals surface area contributed by atoms with Crippen molar-refractivity contribution in [2.75, 3.05) is 0 Å². The summed E-state index contributed by atoms with van der Waals surface area (Å²) in [4.78, 5) is 5.36. The molecule has 0 radical (unpaired) electrons. The van der Waals surface area contributed by atoms with Gasteiger partial charge >= 0.3 is 0 Å². The molecule has 0 aliphatic carbocycles. The maximum atomic E-state index is 5.36. The summed E-state index contributed by atoms with van der Waals surface area (Å²) in [6, 6.07) is 79.2. The first kappa shape index (κ1) is 35.0. The molecule has 0 N–H and O–H groups in total. The summed E-state index contributed by atoms with van der Waals surface area (Å²) >= 11 is 0. The van der Waals surface area contributed by atoms with E-state index in [2.05, 4.69) is 234 Å². The SMILES string of the molecule is Cc1ccc(-c2cc(-c3cccc(-c4cccc(-n5c6ccccc6c6ccccc65)c4)c3)nc3ccc(-c4cccc(-n5c6ccccc6c6ccccc65)c4)cc23)cc1. The molecule has 61 heavy (non-hydrogen) atoms. The molecular weight excluding hydrogens is 739 g/mol. The van der Waals surface area contributed by atoms with Crippen molar-refractivity contribution in [3.63, 3.8) is 0 Å². The maximum Gasteiger partial charge on any atom is 0.0716 e. The number of aryl methyl sites for hydroxylation is 1. The minimum absolute atomic E-state index is 0.949. The molecule has 0 aliphatic heterocycles. The van der Waals surface area contributed by atoms with Crippen molar-refractivity contribution in [2.24, 2.45) is 0 Å². The van der Waals surface area contributed by atoms with Crippen LogP contribution in [0.1, 0.15) is 5.56 Å². The van der Waals surface area contributed by atoms with Crippen LogP contribution in [0.2, 0.25) is 0 Å². The molecule has 3 nitrogen and oxygen atoms in total.